The largest absolute Gasteiger partial charge is 0.354 e. The lowest BCUT2D eigenvalue weighted by Gasteiger charge is -2.04. The molecule has 2 aromatic rings. The summed E-state index contributed by atoms with van der Waals surface area (Å²) in [6, 6.07) is 6.60. The van der Waals surface area contributed by atoms with Crippen molar-refractivity contribution < 1.29 is 4.39 Å². The van der Waals surface area contributed by atoms with Crippen molar-refractivity contribution in [2.45, 2.75) is 6.42 Å². The van der Waals surface area contributed by atoms with Crippen molar-refractivity contribution in [3.63, 3.8) is 0 Å². The third-order valence-electron chi connectivity index (χ3n) is 2.21. The smallest absolute Gasteiger partial charge is 0.222 e. The summed E-state index contributed by atoms with van der Waals surface area (Å²) in [7, 11) is 0. The molecule has 0 aliphatic heterocycles. The van der Waals surface area contributed by atoms with Crippen LogP contribution in [-0.4, -0.2) is 16.5 Å². The molecule has 5 heteroatoms. The maximum absolute atomic E-state index is 12.9. The summed E-state index contributed by atoms with van der Waals surface area (Å²) in [6.45, 7) is 0.685. The Balaban J connectivity index is 1.85. The van der Waals surface area contributed by atoms with Gasteiger partial charge in [-0.2, -0.15) is 0 Å². The van der Waals surface area contributed by atoms with E-state index in [1.165, 1.54) is 12.1 Å². The van der Waals surface area contributed by atoms with Crippen LogP contribution in [0.1, 0.15) is 5.56 Å². The molecule has 0 saturated heterocycles. The molecule has 0 unspecified atom stereocenters. The highest BCUT2D eigenvalue weighted by Gasteiger charge is 1.97. The zero-order valence-corrected chi connectivity index (χ0v) is 11.2. The van der Waals surface area contributed by atoms with E-state index in [1.807, 2.05) is 6.07 Å². The van der Waals surface area contributed by atoms with Gasteiger partial charge in [-0.1, -0.05) is 12.1 Å². The monoisotopic (exact) mass is 343 g/mol. The Morgan fingerprint density at radius 2 is 2.00 bits per heavy atom. The molecule has 1 heterocycles. The predicted octanol–water partition coefficient (Wildman–Crippen LogP) is 2.87. The fraction of sp³-hybridized carbons (Fsp3) is 0.167. The first-order valence-electron chi connectivity index (χ1n) is 5.20. The molecule has 0 amide bonds. The molecule has 1 N–H and O–H groups in total. The van der Waals surface area contributed by atoms with Crippen molar-refractivity contribution in [2.75, 3.05) is 11.9 Å². The second-order valence-corrected chi connectivity index (χ2v) is 4.78. The molecule has 0 fully saturated rings. The number of aromatic nitrogens is 2. The van der Waals surface area contributed by atoms with Gasteiger partial charge in [0.05, 0.1) is 0 Å². The van der Waals surface area contributed by atoms with Crippen LogP contribution in [-0.2, 0) is 6.42 Å². The Kier molecular flexibility index (Phi) is 4.24. The molecule has 2 rings (SSSR count). The number of nitrogens with one attached hydrogen (secondary N) is 1. The third kappa shape index (κ3) is 3.92. The average Bonchev–Trinajstić information content (AvgIpc) is 2.32. The zero-order chi connectivity index (χ0) is 12.1. The molecule has 0 atom stereocenters. The Morgan fingerprint density at radius 3 is 2.71 bits per heavy atom. The number of rotatable bonds is 4. The molecular formula is C12H11FIN3. The van der Waals surface area contributed by atoms with Crippen LogP contribution >= 0.6 is 22.6 Å². The molecule has 1 aromatic carbocycles. The quantitative estimate of drug-likeness (QED) is 0.868. The van der Waals surface area contributed by atoms with Crippen LogP contribution in [0.15, 0.2) is 36.7 Å². The summed E-state index contributed by atoms with van der Waals surface area (Å²) < 4.78 is 13.9. The van der Waals surface area contributed by atoms with E-state index in [0.29, 0.717) is 12.5 Å². The first kappa shape index (κ1) is 12.2. The summed E-state index contributed by atoms with van der Waals surface area (Å²) in [5, 5.41) is 3.09. The normalized spacial score (nSPS) is 10.2. The molecule has 3 nitrogen and oxygen atoms in total. The van der Waals surface area contributed by atoms with Crippen molar-refractivity contribution in [1.82, 2.24) is 9.97 Å². The number of hydrogen-bond donors (Lipinski definition) is 1. The van der Waals surface area contributed by atoms with E-state index in [2.05, 4.69) is 37.9 Å². The molecule has 0 bridgehead atoms. The highest BCUT2D eigenvalue weighted by Crippen LogP contribution is 2.06. The van der Waals surface area contributed by atoms with Gasteiger partial charge in [0, 0.05) is 22.5 Å². The standard InChI is InChI=1S/C12H11FIN3/c13-10-3-1-2-9(6-10)4-5-15-12-16-7-11(14)8-17-12/h1-3,6-8H,4-5H2,(H,15,16,17). The van der Waals surface area contributed by atoms with E-state index in [9.17, 15) is 4.39 Å². The van der Waals surface area contributed by atoms with E-state index in [-0.39, 0.29) is 5.82 Å². The van der Waals surface area contributed by atoms with Gasteiger partial charge in [-0.25, -0.2) is 14.4 Å². The number of anilines is 1. The van der Waals surface area contributed by atoms with Crippen molar-refractivity contribution in [2.24, 2.45) is 0 Å². The van der Waals surface area contributed by atoms with Crippen molar-refractivity contribution in [1.29, 1.82) is 0 Å². The zero-order valence-electron chi connectivity index (χ0n) is 9.03. The van der Waals surface area contributed by atoms with Crippen molar-refractivity contribution >= 4 is 28.5 Å². The van der Waals surface area contributed by atoms with Crippen LogP contribution in [0, 0.1) is 9.39 Å². The molecule has 1 aromatic heterocycles. The average molecular weight is 343 g/mol. The second-order valence-electron chi connectivity index (χ2n) is 3.53. The Labute approximate surface area is 113 Å². The van der Waals surface area contributed by atoms with E-state index in [4.69, 9.17) is 0 Å². The van der Waals surface area contributed by atoms with E-state index in [0.717, 1.165) is 15.6 Å². The fourth-order valence-corrected chi connectivity index (χ4v) is 1.69. The van der Waals surface area contributed by atoms with Crippen LogP contribution in [0.3, 0.4) is 0 Å². The fourth-order valence-electron chi connectivity index (χ4n) is 1.41. The Bertz CT molecular complexity index is 487. The van der Waals surface area contributed by atoms with Gasteiger partial charge >= 0.3 is 0 Å². The van der Waals surface area contributed by atoms with Gasteiger partial charge < -0.3 is 5.32 Å². The predicted molar refractivity (Wildman–Crippen MR) is 73.3 cm³/mol. The van der Waals surface area contributed by atoms with Crippen LogP contribution in [0.4, 0.5) is 10.3 Å². The van der Waals surface area contributed by atoms with Gasteiger partial charge in [-0.05, 0) is 46.7 Å². The van der Waals surface area contributed by atoms with Gasteiger partial charge in [-0.15, -0.1) is 0 Å². The first-order valence-corrected chi connectivity index (χ1v) is 6.28. The number of nitrogens with zero attached hydrogens (tertiary/aromatic N) is 2. The molecule has 17 heavy (non-hydrogen) atoms. The van der Waals surface area contributed by atoms with Crippen molar-refractivity contribution in [3.05, 3.63) is 51.6 Å². The highest BCUT2D eigenvalue weighted by molar-refractivity contribution is 14.1. The maximum atomic E-state index is 12.9. The topological polar surface area (TPSA) is 37.8 Å². The third-order valence-corrected chi connectivity index (χ3v) is 2.76. The molecule has 88 valence electrons. The first-order chi connectivity index (χ1) is 8.24. The Hall–Kier alpha value is -1.24. The van der Waals surface area contributed by atoms with Gasteiger partial charge in [-0.3, -0.25) is 0 Å². The number of halogens is 2. The molecule has 0 spiro atoms. The minimum absolute atomic E-state index is 0.201. The van der Waals surface area contributed by atoms with E-state index >= 15 is 0 Å². The summed E-state index contributed by atoms with van der Waals surface area (Å²) >= 11 is 2.15. The maximum Gasteiger partial charge on any atom is 0.222 e. The number of hydrogen-bond acceptors (Lipinski definition) is 3. The lowest BCUT2D eigenvalue weighted by Crippen LogP contribution is -2.07. The van der Waals surface area contributed by atoms with Crippen LogP contribution in [0.5, 0.6) is 0 Å². The Morgan fingerprint density at radius 1 is 1.24 bits per heavy atom. The molecule has 0 aliphatic rings. The SMILES string of the molecule is Fc1cccc(CCNc2ncc(I)cn2)c1. The van der Waals surface area contributed by atoms with Gasteiger partial charge in [0.2, 0.25) is 5.95 Å². The second kappa shape index (κ2) is 5.90. The highest BCUT2D eigenvalue weighted by atomic mass is 127. The van der Waals surface area contributed by atoms with Gasteiger partial charge in [0.25, 0.3) is 0 Å². The van der Waals surface area contributed by atoms with Crippen LogP contribution in [0.2, 0.25) is 0 Å². The van der Waals surface area contributed by atoms with Gasteiger partial charge in [0.15, 0.2) is 0 Å². The lowest BCUT2D eigenvalue weighted by molar-refractivity contribution is 0.625. The molecule has 0 radical (unpaired) electrons. The summed E-state index contributed by atoms with van der Waals surface area (Å²) in [6.07, 6.45) is 4.24. The number of benzene rings is 1. The molecule has 0 aliphatic carbocycles. The van der Waals surface area contributed by atoms with E-state index in [1.54, 1.807) is 18.5 Å². The van der Waals surface area contributed by atoms with Crippen LogP contribution in [0.25, 0.3) is 0 Å². The molecule has 0 saturated carbocycles. The van der Waals surface area contributed by atoms with Gasteiger partial charge in [0.1, 0.15) is 5.82 Å². The van der Waals surface area contributed by atoms with Crippen LogP contribution < -0.4 is 5.32 Å². The minimum atomic E-state index is -0.201. The van der Waals surface area contributed by atoms with Crippen molar-refractivity contribution in [3.8, 4) is 0 Å². The lowest BCUT2D eigenvalue weighted by atomic mass is 10.1. The summed E-state index contributed by atoms with van der Waals surface area (Å²) in [5.74, 6) is 0.398. The summed E-state index contributed by atoms with van der Waals surface area (Å²) in [5.41, 5.74) is 0.961. The van der Waals surface area contributed by atoms with E-state index < -0.39 is 0 Å². The minimum Gasteiger partial charge on any atom is -0.354 e. The summed E-state index contributed by atoms with van der Waals surface area (Å²) in [4.78, 5) is 8.25. The molecular weight excluding hydrogens is 332 g/mol.